The maximum atomic E-state index is 13.2. The normalized spacial score (nSPS) is 20.0. The highest BCUT2D eigenvalue weighted by molar-refractivity contribution is 9.10. The van der Waals surface area contributed by atoms with Gasteiger partial charge in [0, 0.05) is 19.5 Å². The summed E-state index contributed by atoms with van der Waals surface area (Å²) >= 11 is 3.18. The van der Waals surface area contributed by atoms with Crippen LogP contribution in [0.5, 0.6) is 0 Å². The molecule has 0 spiro atoms. The van der Waals surface area contributed by atoms with Gasteiger partial charge in [-0.3, -0.25) is 0 Å². The zero-order valence-electron chi connectivity index (χ0n) is 10.6. The van der Waals surface area contributed by atoms with Gasteiger partial charge < -0.3 is 10.0 Å². The SMILES string of the molecule is CCN1CCC(O)(Cc2ccc(F)c(Br)c2)CC1. The van der Waals surface area contributed by atoms with E-state index in [2.05, 4.69) is 27.8 Å². The summed E-state index contributed by atoms with van der Waals surface area (Å²) in [6, 6.07) is 4.97. The van der Waals surface area contributed by atoms with E-state index in [1.54, 1.807) is 12.1 Å². The Labute approximate surface area is 116 Å². The van der Waals surface area contributed by atoms with E-state index in [0.29, 0.717) is 10.9 Å². The molecule has 0 aliphatic carbocycles. The molecule has 1 aromatic carbocycles. The summed E-state index contributed by atoms with van der Waals surface area (Å²) in [6.07, 6.45) is 2.18. The van der Waals surface area contributed by atoms with Crippen molar-refractivity contribution in [1.29, 1.82) is 0 Å². The largest absolute Gasteiger partial charge is 0.389 e. The summed E-state index contributed by atoms with van der Waals surface area (Å²) in [5.74, 6) is -0.258. The molecule has 0 bridgehead atoms. The maximum Gasteiger partial charge on any atom is 0.137 e. The maximum absolute atomic E-state index is 13.2. The fourth-order valence-corrected chi connectivity index (χ4v) is 2.92. The van der Waals surface area contributed by atoms with Crippen LogP contribution in [0.3, 0.4) is 0 Å². The van der Waals surface area contributed by atoms with Gasteiger partial charge in [-0.15, -0.1) is 0 Å². The Morgan fingerprint density at radius 1 is 1.39 bits per heavy atom. The monoisotopic (exact) mass is 315 g/mol. The lowest BCUT2D eigenvalue weighted by molar-refractivity contribution is -0.0194. The molecule has 1 aliphatic rings. The Morgan fingerprint density at radius 3 is 2.61 bits per heavy atom. The highest BCUT2D eigenvalue weighted by atomic mass is 79.9. The van der Waals surface area contributed by atoms with Crippen LogP contribution >= 0.6 is 15.9 Å². The van der Waals surface area contributed by atoms with E-state index < -0.39 is 5.60 Å². The van der Waals surface area contributed by atoms with Gasteiger partial charge in [-0.2, -0.15) is 0 Å². The first-order valence-corrected chi connectivity index (χ1v) is 7.20. The number of benzene rings is 1. The van der Waals surface area contributed by atoms with E-state index in [0.717, 1.165) is 38.0 Å². The lowest BCUT2D eigenvalue weighted by Crippen LogP contribution is -2.45. The standard InChI is InChI=1S/C14H19BrFNO/c1-2-17-7-5-14(18,6-8-17)10-11-3-4-13(16)12(15)9-11/h3-4,9,18H,2,5-8,10H2,1H3. The van der Waals surface area contributed by atoms with Gasteiger partial charge in [0.05, 0.1) is 10.1 Å². The van der Waals surface area contributed by atoms with Crippen LogP contribution in [0.1, 0.15) is 25.3 Å². The van der Waals surface area contributed by atoms with E-state index in [4.69, 9.17) is 0 Å². The molecule has 2 nitrogen and oxygen atoms in total. The molecular weight excluding hydrogens is 297 g/mol. The summed E-state index contributed by atoms with van der Waals surface area (Å²) in [5, 5.41) is 10.6. The predicted molar refractivity (Wildman–Crippen MR) is 74.1 cm³/mol. The summed E-state index contributed by atoms with van der Waals surface area (Å²) in [6.45, 7) is 5.06. The van der Waals surface area contributed by atoms with Crippen LogP contribution in [0.4, 0.5) is 4.39 Å². The van der Waals surface area contributed by atoms with Gasteiger partial charge in [0.15, 0.2) is 0 Å². The number of nitrogens with zero attached hydrogens (tertiary/aromatic N) is 1. The first-order chi connectivity index (χ1) is 8.52. The van der Waals surface area contributed by atoms with Crippen LogP contribution in [0.2, 0.25) is 0 Å². The van der Waals surface area contributed by atoms with Gasteiger partial charge in [-0.05, 0) is 53.0 Å². The predicted octanol–water partition coefficient (Wildman–Crippen LogP) is 2.98. The summed E-state index contributed by atoms with van der Waals surface area (Å²) < 4.78 is 13.6. The number of likely N-dealkylation sites (tertiary alicyclic amines) is 1. The van der Waals surface area contributed by atoms with Crippen LogP contribution in [-0.2, 0) is 6.42 Å². The van der Waals surface area contributed by atoms with Crippen molar-refractivity contribution in [2.45, 2.75) is 31.8 Å². The lowest BCUT2D eigenvalue weighted by atomic mass is 9.85. The third-order valence-corrected chi connectivity index (χ3v) is 4.36. The van der Waals surface area contributed by atoms with Crippen molar-refractivity contribution in [3.8, 4) is 0 Å². The minimum absolute atomic E-state index is 0.258. The summed E-state index contributed by atoms with van der Waals surface area (Å²) in [7, 11) is 0. The van der Waals surface area contributed by atoms with Crippen molar-refractivity contribution >= 4 is 15.9 Å². The Kier molecular flexibility index (Phi) is 4.41. The number of rotatable bonds is 3. The number of aliphatic hydroxyl groups is 1. The first-order valence-electron chi connectivity index (χ1n) is 6.41. The topological polar surface area (TPSA) is 23.5 Å². The van der Waals surface area contributed by atoms with E-state index in [-0.39, 0.29) is 5.82 Å². The highest BCUT2D eigenvalue weighted by Gasteiger charge is 2.31. The minimum Gasteiger partial charge on any atom is -0.389 e. The van der Waals surface area contributed by atoms with E-state index in [1.807, 2.05) is 0 Å². The van der Waals surface area contributed by atoms with Crippen molar-refractivity contribution in [3.05, 3.63) is 34.1 Å². The molecule has 0 radical (unpaired) electrons. The second kappa shape index (κ2) is 5.68. The third kappa shape index (κ3) is 3.31. The lowest BCUT2D eigenvalue weighted by Gasteiger charge is -2.38. The molecule has 1 saturated heterocycles. The second-order valence-electron chi connectivity index (χ2n) is 5.08. The molecule has 0 aromatic heterocycles. The molecule has 4 heteroatoms. The number of hydrogen-bond acceptors (Lipinski definition) is 2. The van der Waals surface area contributed by atoms with E-state index in [1.165, 1.54) is 6.07 Å². The fraction of sp³-hybridized carbons (Fsp3) is 0.571. The van der Waals surface area contributed by atoms with Gasteiger partial charge in [-0.1, -0.05) is 13.0 Å². The molecule has 0 amide bonds. The molecule has 1 fully saturated rings. The molecule has 0 atom stereocenters. The van der Waals surface area contributed by atoms with Gasteiger partial charge in [0.25, 0.3) is 0 Å². The highest BCUT2D eigenvalue weighted by Crippen LogP contribution is 2.27. The molecule has 100 valence electrons. The number of halogens is 2. The Bertz CT molecular complexity index is 416. The molecule has 1 heterocycles. The second-order valence-corrected chi connectivity index (χ2v) is 5.94. The molecule has 2 rings (SSSR count). The van der Waals surface area contributed by atoms with Crippen LogP contribution < -0.4 is 0 Å². The van der Waals surface area contributed by atoms with Crippen LogP contribution in [-0.4, -0.2) is 35.2 Å². The van der Waals surface area contributed by atoms with Gasteiger partial charge in [0.2, 0.25) is 0 Å². The van der Waals surface area contributed by atoms with E-state index >= 15 is 0 Å². The average Bonchev–Trinajstić information content (AvgIpc) is 2.35. The van der Waals surface area contributed by atoms with Crippen LogP contribution in [0.25, 0.3) is 0 Å². The van der Waals surface area contributed by atoms with Crippen molar-refractivity contribution in [1.82, 2.24) is 4.90 Å². The third-order valence-electron chi connectivity index (χ3n) is 3.75. The van der Waals surface area contributed by atoms with Gasteiger partial charge >= 0.3 is 0 Å². The van der Waals surface area contributed by atoms with Crippen molar-refractivity contribution in [3.63, 3.8) is 0 Å². The van der Waals surface area contributed by atoms with Crippen LogP contribution in [0, 0.1) is 5.82 Å². The summed E-state index contributed by atoms with van der Waals surface area (Å²) in [5.41, 5.74) is 0.346. The Hall–Kier alpha value is -0.450. The number of piperidine rings is 1. The molecule has 18 heavy (non-hydrogen) atoms. The fourth-order valence-electron chi connectivity index (χ4n) is 2.49. The zero-order valence-corrected chi connectivity index (χ0v) is 12.2. The molecule has 0 unspecified atom stereocenters. The molecular formula is C14H19BrFNO. The molecule has 1 N–H and O–H groups in total. The van der Waals surface area contributed by atoms with Gasteiger partial charge in [0.1, 0.15) is 5.82 Å². The van der Waals surface area contributed by atoms with Crippen molar-refractivity contribution in [2.75, 3.05) is 19.6 Å². The van der Waals surface area contributed by atoms with E-state index in [9.17, 15) is 9.50 Å². The quantitative estimate of drug-likeness (QED) is 0.927. The molecule has 1 aliphatic heterocycles. The Balaban J connectivity index is 2.02. The minimum atomic E-state index is -0.636. The van der Waals surface area contributed by atoms with Gasteiger partial charge in [-0.25, -0.2) is 4.39 Å². The first kappa shape index (κ1) is 14.0. The number of hydrogen-bond donors (Lipinski definition) is 1. The van der Waals surface area contributed by atoms with Crippen molar-refractivity contribution in [2.24, 2.45) is 0 Å². The van der Waals surface area contributed by atoms with Crippen LogP contribution in [0.15, 0.2) is 22.7 Å². The molecule has 1 aromatic rings. The Morgan fingerprint density at radius 2 is 2.06 bits per heavy atom. The summed E-state index contributed by atoms with van der Waals surface area (Å²) in [4.78, 5) is 2.34. The smallest absolute Gasteiger partial charge is 0.137 e. The zero-order chi connectivity index (χ0) is 13.2. The average molecular weight is 316 g/mol. The van der Waals surface area contributed by atoms with Crippen molar-refractivity contribution < 1.29 is 9.50 Å². The molecule has 0 saturated carbocycles.